The molecule has 0 radical (unpaired) electrons. The van der Waals surface area contributed by atoms with E-state index in [1.54, 1.807) is 33.8 Å². The highest BCUT2D eigenvalue weighted by Gasteiger charge is 2.28. The molecule has 0 fully saturated rings. The Morgan fingerprint density at radius 1 is 1.26 bits per heavy atom. The summed E-state index contributed by atoms with van der Waals surface area (Å²) in [5, 5.41) is 0. The van der Waals surface area contributed by atoms with Crippen molar-refractivity contribution in [2.24, 2.45) is 0 Å². The van der Waals surface area contributed by atoms with Gasteiger partial charge in [-0.1, -0.05) is 12.0 Å². The molecule has 5 heteroatoms. The highest BCUT2D eigenvalue weighted by atomic mass is 32.2. The summed E-state index contributed by atoms with van der Waals surface area (Å²) < 4.78 is 27.4. The summed E-state index contributed by atoms with van der Waals surface area (Å²) in [6.45, 7) is 8.56. The molecule has 104 valence electrons. The molecule has 0 unspecified atom stereocenters. The fourth-order valence-electron chi connectivity index (χ4n) is 2.01. The molecule has 0 bridgehead atoms. The zero-order valence-corrected chi connectivity index (χ0v) is 12.8. The molecule has 19 heavy (non-hydrogen) atoms. The van der Waals surface area contributed by atoms with Crippen molar-refractivity contribution in [1.82, 2.24) is 4.72 Å². The van der Waals surface area contributed by atoms with E-state index < -0.39 is 15.6 Å². The second-order valence-corrected chi connectivity index (χ2v) is 6.87. The van der Waals surface area contributed by atoms with Gasteiger partial charge in [0, 0.05) is 5.69 Å². The third-order valence-electron chi connectivity index (χ3n) is 2.98. The number of hydrogen-bond donors (Lipinski definition) is 2. The van der Waals surface area contributed by atoms with Crippen LogP contribution in [0.15, 0.2) is 11.0 Å². The van der Waals surface area contributed by atoms with Gasteiger partial charge >= 0.3 is 0 Å². The summed E-state index contributed by atoms with van der Waals surface area (Å²) in [7, 11) is -3.70. The molecule has 1 rings (SSSR count). The maximum atomic E-state index is 12.4. The van der Waals surface area contributed by atoms with Crippen LogP contribution in [0.3, 0.4) is 0 Å². The second-order valence-electron chi connectivity index (χ2n) is 5.25. The first-order valence-corrected chi connectivity index (χ1v) is 7.38. The van der Waals surface area contributed by atoms with E-state index in [0.717, 1.165) is 5.56 Å². The zero-order valence-electron chi connectivity index (χ0n) is 12.0. The van der Waals surface area contributed by atoms with Crippen LogP contribution in [0.25, 0.3) is 0 Å². The number of nitrogen functional groups attached to an aromatic ring is 1. The standard InChI is InChI=1S/C14H20N2O2S/c1-7-14(5,6)16-19(17,18)13-10(3)8-9(2)12(15)11(13)4/h1,8,16H,15H2,2-6H3. The van der Waals surface area contributed by atoms with Crippen LogP contribution in [0.4, 0.5) is 5.69 Å². The Morgan fingerprint density at radius 2 is 1.79 bits per heavy atom. The Kier molecular flexibility index (Phi) is 3.99. The van der Waals surface area contributed by atoms with E-state index in [1.165, 1.54) is 0 Å². The predicted octanol–water partition coefficient (Wildman–Crippen LogP) is 1.88. The van der Waals surface area contributed by atoms with E-state index in [1.807, 2.05) is 6.92 Å². The zero-order chi connectivity index (χ0) is 15.0. The van der Waals surface area contributed by atoms with Crippen LogP contribution in [0, 0.1) is 33.1 Å². The largest absolute Gasteiger partial charge is 0.398 e. The third kappa shape index (κ3) is 3.09. The van der Waals surface area contributed by atoms with E-state index in [2.05, 4.69) is 10.6 Å². The molecule has 0 aliphatic heterocycles. The molecule has 0 aliphatic carbocycles. The molecule has 0 spiro atoms. The van der Waals surface area contributed by atoms with Crippen molar-refractivity contribution in [2.45, 2.75) is 45.1 Å². The van der Waals surface area contributed by atoms with Gasteiger partial charge in [-0.15, -0.1) is 6.42 Å². The summed E-state index contributed by atoms with van der Waals surface area (Å²) in [5.41, 5.74) is 7.53. The van der Waals surface area contributed by atoms with Gasteiger partial charge in [0.25, 0.3) is 0 Å². The highest BCUT2D eigenvalue weighted by Crippen LogP contribution is 2.28. The molecule has 0 saturated heterocycles. The van der Waals surface area contributed by atoms with Crippen molar-refractivity contribution >= 4 is 15.7 Å². The molecule has 1 aromatic rings. The molecule has 3 N–H and O–H groups in total. The maximum Gasteiger partial charge on any atom is 0.242 e. The number of nitrogens with two attached hydrogens (primary N) is 1. The Labute approximate surface area is 115 Å². The highest BCUT2D eigenvalue weighted by molar-refractivity contribution is 7.89. The van der Waals surface area contributed by atoms with Gasteiger partial charge < -0.3 is 5.73 Å². The van der Waals surface area contributed by atoms with Crippen LogP contribution in [-0.4, -0.2) is 14.0 Å². The number of hydrogen-bond acceptors (Lipinski definition) is 3. The van der Waals surface area contributed by atoms with Crippen LogP contribution in [0.2, 0.25) is 0 Å². The summed E-state index contributed by atoms with van der Waals surface area (Å²) in [5.74, 6) is 2.41. The monoisotopic (exact) mass is 280 g/mol. The fraction of sp³-hybridized carbons (Fsp3) is 0.429. The van der Waals surface area contributed by atoms with Gasteiger partial charge in [0.05, 0.1) is 10.4 Å². The maximum absolute atomic E-state index is 12.4. The number of aryl methyl sites for hydroxylation is 2. The van der Waals surface area contributed by atoms with Crippen molar-refractivity contribution < 1.29 is 8.42 Å². The molecule has 0 aliphatic rings. The first kappa shape index (κ1) is 15.5. The Hall–Kier alpha value is -1.51. The van der Waals surface area contributed by atoms with E-state index in [4.69, 9.17) is 12.2 Å². The summed E-state index contributed by atoms with van der Waals surface area (Å²) in [6, 6.07) is 1.76. The minimum atomic E-state index is -3.70. The molecule has 1 aromatic carbocycles. The van der Waals surface area contributed by atoms with Crippen LogP contribution in [-0.2, 0) is 10.0 Å². The molecule has 0 atom stereocenters. The number of terminal acetylenes is 1. The van der Waals surface area contributed by atoms with Gasteiger partial charge in [0.2, 0.25) is 10.0 Å². The summed E-state index contributed by atoms with van der Waals surface area (Å²) >= 11 is 0. The lowest BCUT2D eigenvalue weighted by Gasteiger charge is -2.22. The van der Waals surface area contributed by atoms with Gasteiger partial charge in [-0.2, -0.15) is 4.72 Å². The number of sulfonamides is 1. The molecular weight excluding hydrogens is 260 g/mol. The lowest BCUT2D eigenvalue weighted by atomic mass is 10.1. The van der Waals surface area contributed by atoms with Crippen molar-refractivity contribution in [2.75, 3.05) is 5.73 Å². The normalized spacial score (nSPS) is 12.2. The van der Waals surface area contributed by atoms with Gasteiger partial charge in [0.15, 0.2) is 0 Å². The molecule has 0 aromatic heterocycles. The van der Waals surface area contributed by atoms with Gasteiger partial charge in [-0.25, -0.2) is 8.42 Å². The molecule has 0 saturated carbocycles. The van der Waals surface area contributed by atoms with Crippen molar-refractivity contribution in [3.05, 3.63) is 22.8 Å². The smallest absolute Gasteiger partial charge is 0.242 e. The Morgan fingerprint density at radius 3 is 2.26 bits per heavy atom. The van der Waals surface area contributed by atoms with E-state index in [0.29, 0.717) is 16.8 Å². The lowest BCUT2D eigenvalue weighted by molar-refractivity contribution is 0.538. The topological polar surface area (TPSA) is 72.2 Å². The van der Waals surface area contributed by atoms with Crippen molar-refractivity contribution in [1.29, 1.82) is 0 Å². The van der Waals surface area contributed by atoms with Gasteiger partial charge in [-0.05, 0) is 51.3 Å². The fourth-order valence-corrected chi connectivity index (χ4v) is 3.84. The third-order valence-corrected chi connectivity index (χ3v) is 4.92. The van der Waals surface area contributed by atoms with E-state index in [9.17, 15) is 8.42 Å². The average molecular weight is 280 g/mol. The van der Waals surface area contributed by atoms with E-state index in [-0.39, 0.29) is 4.90 Å². The quantitative estimate of drug-likeness (QED) is 0.656. The van der Waals surface area contributed by atoms with Gasteiger partial charge in [-0.3, -0.25) is 0 Å². The number of benzene rings is 1. The SMILES string of the molecule is C#CC(C)(C)NS(=O)(=O)c1c(C)cc(C)c(N)c1C. The predicted molar refractivity (Wildman–Crippen MR) is 78.3 cm³/mol. The number of rotatable bonds is 3. The summed E-state index contributed by atoms with van der Waals surface area (Å²) in [4.78, 5) is 0.207. The van der Waals surface area contributed by atoms with E-state index >= 15 is 0 Å². The Bertz CT molecular complexity index is 653. The minimum Gasteiger partial charge on any atom is -0.398 e. The van der Waals surface area contributed by atoms with Crippen molar-refractivity contribution in [3.8, 4) is 12.3 Å². The van der Waals surface area contributed by atoms with Crippen LogP contribution in [0.1, 0.15) is 30.5 Å². The minimum absolute atomic E-state index is 0.207. The number of anilines is 1. The van der Waals surface area contributed by atoms with Crippen LogP contribution >= 0.6 is 0 Å². The first-order chi connectivity index (χ1) is 8.52. The molecule has 4 nitrogen and oxygen atoms in total. The molecule has 0 heterocycles. The van der Waals surface area contributed by atoms with Crippen molar-refractivity contribution in [3.63, 3.8) is 0 Å². The first-order valence-electron chi connectivity index (χ1n) is 5.90. The Balaban J connectivity index is 3.48. The number of nitrogens with one attached hydrogen (secondary N) is 1. The van der Waals surface area contributed by atoms with Gasteiger partial charge in [0.1, 0.15) is 0 Å². The molecular formula is C14H20N2O2S. The lowest BCUT2D eigenvalue weighted by Crippen LogP contribution is -2.42. The van der Waals surface area contributed by atoms with Crippen LogP contribution < -0.4 is 10.5 Å². The van der Waals surface area contributed by atoms with Crippen LogP contribution in [0.5, 0.6) is 0 Å². The molecule has 0 amide bonds. The average Bonchev–Trinajstić information content (AvgIpc) is 2.24. The summed E-state index contributed by atoms with van der Waals surface area (Å²) in [6.07, 6.45) is 5.32. The second kappa shape index (κ2) is 4.87.